The molecule has 1 nitrogen and oxygen atoms in total. The highest BCUT2D eigenvalue weighted by Crippen LogP contribution is 2.56. The molecule has 8 rings (SSSR count). The molecule has 0 aliphatic heterocycles. The summed E-state index contributed by atoms with van der Waals surface area (Å²) in [4.78, 5) is 0. The summed E-state index contributed by atoms with van der Waals surface area (Å²) in [7, 11) is -2.32. The molecular weight excluding hydrogens is 1040 g/mol. The van der Waals surface area contributed by atoms with Crippen molar-refractivity contribution in [1.82, 2.24) is 0 Å². The smallest absolute Gasteiger partial charge is 0.287 e. The molecule has 0 aliphatic rings. The number of halogens is 20. The van der Waals surface area contributed by atoms with Gasteiger partial charge in [0.05, 0.1) is 0 Å². The minimum atomic E-state index is -7.22. The van der Waals surface area contributed by atoms with Crippen molar-refractivity contribution in [3.05, 3.63) is 237 Å². The largest absolute Gasteiger partial charge is 0.334 e. The molecule has 0 saturated heterocycles. The minimum Gasteiger partial charge on any atom is -0.334 e. The van der Waals surface area contributed by atoms with E-state index in [1.54, 1.807) is 0 Å². The fourth-order valence-corrected chi connectivity index (χ4v) is 11.8. The molecule has 0 bridgehead atoms. The van der Waals surface area contributed by atoms with Gasteiger partial charge in [-0.25, -0.2) is 87.8 Å². The van der Waals surface area contributed by atoms with Crippen LogP contribution in [0.15, 0.2) is 109 Å². The first-order chi connectivity index (χ1) is 34.4. The fraction of sp³-hybridized carbons (Fsp3) is 0.0400. The van der Waals surface area contributed by atoms with E-state index >= 15 is 35.1 Å². The van der Waals surface area contributed by atoms with Gasteiger partial charge in [0.2, 0.25) is 0 Å². The van der Waals surface area contributed by atoms with Crippen LogP contribution in [-0.4, -0.2) is 6.15 Å². The van der Waals surface area contributed by atoms with Crippen LogP contribution < -0.4 is 42.3 Å². The Morgan fingerprint density at radius 3 is 0.726 bits per heavy atom. The molecule has 0 atom stereocenters. The lowest BCUT2D eigenvalue weighted by molar-refractivity contribution is 0.378. The quantitative estimate of drug-likeness (QED) is 0.0460. The lowest BCUT2D eigenvalue weighted by Crippen LogP contribution is -2.81. The molecule has 0 saturated carbocycles. The zero-order valence-electron chi connectivity index (χ0n) is 36.4. The Morgan fingerprint density at radius 1 is 0.274 bits per heavy atom. The van der Waals surface area contributed by atoms with Gasteiger partial charge in [0, 0.05) is 0 Å². The molecule has 0 amide bonds. The van der Waals surface area contributed by atoms with Crippen LogP contribution in [0.1, 0.15) is 11.1 Å². The van der Waals surface area contributed by atoms with Gasteiger partial charge in [-0.1, -0.05) is 66.7 Å². The Kier molecular flexibility index (Phi) is 14.9. The summed E-state index contributed by atoms with van der Waals surface area (Å²) < 4.78 is 301. The van der Waals surface area contributed by atoms with Crippen molar-refractivity contribution in [3.63, 3.8) is 0 Å². The van der Waals surface area contributed by atoms with Crippen LogP contribution in [0.4, 0.5) is 87.8 Å². The molecule has 0 spiro atoms. The normalized spacial score (nSPS) is 11.7. The summed E-state index contributed by atoms with van der Waals surface area (Å²) in [5.74, 6) is -70.5. The molecule has 0 N–H and O–H groups in total. The van der Waals surface area contributed by atoms with Gasteiger partial charge in [-0.3, -0.25) is 0 Å². The molecule has 0 fully saturated rings. The van der Waals surface area contributed by atoms with E-state index in [4.69, 9.17) is 4.52 Å². The van der Waals surface area contributed by atoms with Crippen LogP contribution in [0, 0.1) is 130 Å². The van der Waals surface area contributed by atoms with E-state index in [1.165, 1.54) is 27.0 Å². The third-order valence-electron chi connectivity index (χ3n) is 11.9. The van der Waals surface area contributed by atoms with Crippen molar-refractivity contribution in [1.29, 1.82) is 0 Å². The zero-order chi connectivity index (χ0) is 53.8. The van der Waals surface area contributed by atoms with Crippen molar-refractivity contribution in [2.24, 2.45) is 0 Å². The van der Waals surface area contributed by atoms with Gasteiger partial charge in [0.15, 0.2) is 75.6 Å². The Balaban J connectivity index is 0.000000237. The number of rotatable bonds is 9. The highest BCUT2D eigenvalue weighted by molar-refractivity contribution is 7.92. The predicted molar refractivity (Wildman–Crippen MR) is 231 cm³/mol. The second-order valence-electron chi connectivity index (χ2n) is 15.7. The van der Waals surface area contributed by atoms with E-state index in [0.717, 1.165) is 5.75 Å². The number of benzene rings is 8. The summed E-state index contributed by atoms with van der Waals surface area (Å²) >= 11 is 0. The molecule has 8 aromatic carbocycles. The van der Waals surface area contributed by atoms with Gasteiger partial charge in [0.1, 0.15) is 68.6 Å². The molecule has 0 radical (unpaired) electrons. The summed E-state index contributed by atoms with van der Waals surface area (Å²) in [6, 6.07) is 38.2. The zero-order valence-corrected chi connectivity index (χ0v) is 37.3. The molecule has 8 aromatic rings. The van der Waals surface area contributed by atoms with E-state index in [1.807, 2.05) is 0 Å². The van der Waals surface area contributed by atoms with Gasteiger partial charge in [-0.15, -0.1) is 21.9 Å². The monoisotopic (exact) mass is 1060 g/mol. The molecular formula is C50H24BF20OP. The maximum absolute atomic E-state index is 15.4. The van der Waals surface area contributed by atoms with Gasteiger partial charge < -0.3 is 4.52 Å². The summed E-state index contributed by atoms with van der Waals surface area (Å²) in [5, 5.41) is 3.65. The van der Waals surface area contributed by atoms with Gasteiger partial charge in [-0.05, 0) is 67.4 Å². The Hall–Kier alpha value is -7.35. The van der Waals surface area contributed by atoms with Crippen LogP contribution in [0.3, 0.4) is 0 Å². The third kappa shape index (κ3) is 8.42. The first-order valence-corrected chi connectivity index (χ1v) is 22.2. The van der Waals surface area contributed by atoms with E-state index in [2.05, 4.69) is 123 Å². The minimum absolute atomic E-state index is 0.949. The molecule has 378 valence electrons. The van der Waals surface area contributed by atoms with Gasteiger partial charge >= 0.3 is 0 Å². The summed E-state index contributed by atoms with van der Waals surface area (Å²) in [5.41, 5.74) is -11.9. The molecule has 0 aliphatic carbocycles. The molecule has 0 aromatic heterocycles. The summed E-state index contributed by atoms with van der Waals surface area (Å²) in [6.07, 6.45) is -7.22. The van der Waals surface area contributed by atoms with E-state index in [9.17, 15) is 52.7 Å². The SMILES string of the molecule is Cc1cccc(O[P+](c2ccccc2)(c2ccccc2)c2ccccc2)c1C.Fc1c(F)c(F)c([B-](c2c(F)c(F)c(F)c(F)c2F)(c2c(F)c(F)c(F)c(F)c2F)c2c(F)c(F)c(F)c(F)c2F)c(F)c1F. The average Bonchev–Trinajstić information content (AvgIpc) is 3.40. The van der Waals surface area contributed by atoms with Crippen molar-refractivity contribution in [2.45, 2.75) is 13.8 Å². The first-order valence-electron chi connectivity index (χ1n) is 20.5. The van der Waals surface area contributed by atoms with Crippen molar-refractivity contribution in [2.75, 3.05) is 0 Å². The molecule has 0 heterocycles. The Bertz CT molecular complexity index is 2980. The number of hydrogen-bond donors (Lipinski definition) is 0. The second-order valence-corrected chi connectivity index (χ2v) is 18.7. The number of aryl methyl sites for hydroxylation is 1. The van der Waals surface area contributed by atoms with Gasteiger partial charge in [0.25, 0.3) is 7.49 Å². The fourth-order valence-electron chi connectivity index (χ4n) is 8.36. The Labute approximate surface area is 399 Å². The highest BCUT2D eigenvalue weighted by atomic mass is 31.2. The highest BCUT2D eigenvalue weighted by Gasteiger charge is 2.53. The van der Waals surface area contributed by atoms with Crippen LogP contribution in [0.25, 0.3) is 0 Å². The van der Waals surface area contributed by atoms with Gasteiger partial charge in [-0.2, -0.15) is 0 Å². The van der Waals surface area contributed by atoms with Crippen molar-refractivity contribution in [3.8, 4) is 5.75 Å². The maximum atomic E-state index is 15.4. The van der Waals surface area contributed by atoms with E-state index < -0.39 is 152 Å². The Morgan fingerprint density at radius 2 is 0.493 bits per heavy atom. The van der Waals surface area contributed by atoms with Crippen LogP contribution in [0.2, 0.25) is 0 Å². The molecule has 73 heavy (non-hydrogen) atoms. The van der Waals surface area contributed by atoms with Crippen LogP contribution in [0.5, 0.6) is 5.75 Å². The third-order valence-corrected chi connectivity index (χ3v) is 15.4. The standard InChI is InChI=1S/C26H24OP.C24BF20/c1-21-13-12-20-26(22(21)2)27-28(23-14-6-3-7-15-23,24-16-8-4-9-17-24)25-18-10-5-11-19-25;26-5-1(6(27)14(35)21(42)13(5)34)25(2-7(28)15(36)22(43)16(37)8(2)29,3-9(30)17(38)23(44)18(39)10(3)31)4-11(32)19(40)24(45)20(41)12(4)33/h3-20H,1-2H3;/q+1;-1. The van der Waals surface area contributed by atoms with Crippen molar-refractivity contribution >= 4 is 51.4 Å². The van der Waals surface area contributed by atoms with Crippen molar-refractivity contribution < 1.29 is 92.3 Å². The van der Waals surface area contributed by atoms with E-state index in [0.29, 0.717) is 0 Å². The lowest BCUT2D eigenvalue weighted by atomic mass is 9.12. The van der Waals surface area contributed by atoms with Crippen LogP contribution in [-0.2, 0) is 0 Å². The first kappa shape index (κ1) is 53.5. The average molecular weight is 1060 g/mol. The van der Waals surface area contributed by atoms with E-state index in [-0.39, 0.29) is 0 Å². The maximum Gasteiger partial charge on any atom is 0.287 e. The number of hydrogen-bond acceptors (Lipinski definition) is 1. The second kappa shape index (κ2) is 20.3. The summed E-state index contributed by atoms with van der Waals surface area (Å²) in [6.45, 7) is 4.27. The molecule has 23 heteroatoms. The molecule has 0 unspecified atom stereocenters. The lowest BCUT2D eigenvalue weighted by Gasteiger charge is -2.44. The predicted octanol–water partition coefficient (Wildman–Crippen LogP) is 11.4. The topological polar surface area (TPSA) is 9.23 Å². The van der Waals surface area contributed by atoms with Crippen LogP contribution >= 0.6 is 7.49 Å².